The third-order valence-electron chi connectivity index (χ3n) is 0. The Kier molecular flexibility index (Phi) is 870. The van der Waals surface area contributed by atoms with Crippen LogP contribution in [0.25, 0.3) is 0 Å². The van der Waals surface area contributed by atoms with Crippen molar-refractivity contribution in [3.8, 4) is 0 Å². The fourth-order valence-corrected chi connectivity index (χ4v) is 0. The summed E-state index contributed by atoms with van der Waals surface area (Å²) in [6.45, 7) is 0. The Morgan fingerprint density at radius 1 is 0.200 bits per heavy atom. The van der Waals surface area contributed by atoms with E-state index in [1.165, 1.54) is 0 Å². The normalized spacial score (nSPS) is 0. The topological polar surface area (TPSA) is 0 Å². The molecule has 0 saturated heterocycles. The molecule has 0 aromatic carbocycles. The van der Waals surface area contributed by atoms with Gasteiger partial charge in [0.25, 0.3) is 0 Å². The van der Waals surface area contributed by atoms with Gasteiger partial charge in [-0.25, -0.2) is 0 Å². The van der Waals surface area contributed by atoms with E-state index in [2.05, 4.69) is 0 Å². The largest absolute Gasteiger partial charge is 0 e. The van der Waals surface area contributed by atoms with Gasteiger partial charge in [0.05, 0.1) is 0 Å². The van der Waals surface area contributed by atoms with E-state index in [0.29, 0.717) is 0 Å². The molecule has 0 aromatic rings. The van der Waals surface area contributed by atoms with Crippen LogP contribution in [0.3, 0.4) is 0 Å². The van der Waals surface area contributed by atoms with Crippen LogP contribution in [-0.2, 0) is 184 Å². The van der Waals surface area contributed by atoms with Crippen LogP contribution in [0.5, 0.6) is 0 Å². The predicted octanol–water partition coefficient (Wildman–Crippen LogP) is -0.0250. The Morgan fingerprint density at radius 3 is 0.200 bits per heavy atom. The zero-order valence-corrected chi connectivity index (χ0v) is 14.9. The van der Waals surface area contributed by atoms with Crippen LogP contribution < -0.4 is 0 Å². The Labute approximate surface area is 180 Å². The first-order chi connectivity index (χ1) is 0. The van der Waals surface area contributed by atoms with E-state index in [1.54, 1.807) is 0 Å². The zero-order chi connectivity index (χ0) is 0. The summed E-state index contributed by atoms with van der Waals surface area (Å²) >= 11 is 0. The van der Waals surface area contributed by atoms with Gasteiger partial charge < -0.3 is 0 Å². The molecule has 0 aliphatic carbocycles. The zero-order valence-electron chi connectivity index (χ0n) is 3.07. The Morgan fingerprint density at radius 2 is 0.200 bits per heavy atom. The summed E-state index contributed by atoms with van der Waals surface area (Å²) in [6, 6.07) is 0. The Bertz CT molecular complexity index is 9.71. The molecule has 0 heterocycles. The van der Waals surface area contributed by atoms with Crippen molar-refractivity contribution in [3.63, 3.8) is 0 Å². The van der Waals surface area contributed by atoms with Crippen LogP contribution in [-0.4, -0.2) is 0 Å². The molecule has 0 unspecified atom stereocenters. The maximum absolute atomic E-state index is 0. The van der Waals surface area contributed by atoms with Gasteiger partial charge >= 0.3 is 0 Å². The minimum Gasteiger partial charge on any atom is 0 e. The minimum absolute atomic E-state index is 0. The van der Waals surface area contributed by atoms with Crippen molar-refractivity contribution in [1.29, 1.82) is 0 Å². The molecule has 0 aliphatic heterocycles. The second-order valence-corrected chi connectivity index (χ2v) is 0. The van der Waals surface area contributed by atoms with Gasteiger partial charge in [-0.3, -0.25) is 0 Å². The summed E-state index contributed by atoms with van der Waals surface area (Å²) in [5.41, 5.74) is 0. The molecule has 0 N–H and O–H groups in total. The molecule has 0 fully saturated rings. The monoisotopic (exact) mass is 801 g/mol. The molecule has 0 spiro atoms. The first-order valence-corrected chi connectivity index (χ1v) is 0. The smallest absolute Gasteiger partial charge is 0 e. The molecule has 0 bridgehead atoms. The molecule has 106 valence electrons. The fraction of sp³-hybridized carbons (Fsp3) is 0. The van der Waals surface area contributed by atoms with Crippen molar-refractivity contribution in [2.24, 2.45) is 0 Å². The summed E-state index contributed by atoms with van der Waals surface area (Å²) in [7, 11) is 0. The summed E-state index contributed by atoms with van der Waals surface area (Å²) in [5, 5.41) is 0. The minimum atomic E-state index is 0. The maximum Gasteiger partial charge on any atom is 0 e. The van der Waals surface area contributed by atoms with Gasteiger partial charge in [-0.05, 0) is 0 Å². The maximum atomic E-state index is 0. The third kappa shape index (κ3) is 67.5. The molecule has 6 radical (unpaired) electrons. The summed E-state index contributed by atoms with van der Waals surface area (Å²) < 4.78 is 0. The first kappa shape index (κ1) is 103. The van der Waals surface area contributed by atoms with Gasteiger partial charge in [-0.1, -0.05) is 0 Å². The predicted molar refractivity (Wildman–Crippen MR) is 0 cm³/mol. The van der Waals surface area contributed by atoms with E-state index in [9.17, 15) is 0 Å². The first-order valence-electron chi connectivity index (χ1n) is 0. The molecule has 0 atom stereocenters. The van der Waals surface area contributed by atoms with Gasteiger partial charge in [-0.15, -0.1) is 0 Å². The summed E-state index contributed by atoms with van der Waals surface area (Å²) in [4.78, 5) is 0. The van der Waals surface area contributed by atoms with Crippen molar-refractivity contribution in [3.05, 3.63) is 0 Å². The van der Waals surface area contributed by atoms with E-state index in [0.717, 1.165) is 0 Å². The van der Waals surface area contributed by atoms with Crippen molar-refractivity contribution in [2.75, 3.05) is 0 Å². The Balaban J connectivity index is 0. The molecular formula is Cu6Pd4. The van der Waals surface area contributed by atoms with Gasteiger partial charge in [0, 0.05) is 184 Å². The van der Waals surface area contributed by atoms with Crippen molar-refractivity contribution in [2.45, 2.75) is 0 Å². The van der Waals surface area contributed by atoms with Crippen LogP contribution in [0.2, 0.25) is 0 Å². The quantitative estimate of drug-likeness (QED) is 0.303. The van der Waals surface area contributed by atoms with Crippen LogP contribution in [0.4, 0.5) is 0 Å². The van der Waals surface area contributed by atoms with Crippen LogP contribution in [0.1, 0.15) is 0 Å². The second kappa shape index (κ2) is 84.2. The molecule has 0 rings (SSSR count). The number of hydrogen-bond acceptors (Lipinski definition) is 0. The second-order valence-electron chi connectivity index (χ2n) is 0. The SMILES string of the molecule is [Cu].[Cu].[Cu].[Cu].[Cu].[Cu].[Pd].[Pd].[Pd].[Pd]. The van der Waals surface area contributed by atoms with E-state index in [-0.39, 0.29) is 184 Å². The summed E-state index contributed by atoms with van der Waals surface area (Å²) in [5.74, 6) is 0. The van der Waals surface area contributed by atoms with Gasteiger partial charge in [0.15, 0.2) is 0 Å². The molecule has 0 saturated carbocycles. The van der Waals surface area contributed by atoms with E-state index in [4.69, 9.17) is 0 Å². The molecule has 0 nitrogen and oxygen atoms in total. The van der Waals surface area contributed by atoms with Gasteiger partial charge in [-0.2, -0.15) is 0 Å². The molecule has 0 amide bonds. The van der Waals surface area contributed by atoms with Gasteiger partial charge in [0.2, 0.25) is 0 Å². The van der Waals surface area contributed by atoms with Crippen molar-refractivity contribution >= 4 is 0 Å². The van der Waals surface area contributed by atoms with Crippen molar-refractivity contribution < 1.29 is 184 Å². The molecule has 0 aliphatic rings. The van der Waals surface area contributed by atoms with Crippen LogP contribution >= 0.6 is 0 Å². The molecular weight excluding hydrogens is 807 g/mol. The standard InChI is InChI=1S/6Cu.4Pd. The van der Waals surface area contributed by atoms with E-state index < -0.39 is 0 Å². The third-order valence-corrected chi connectivity index (χ3v) is 0. The summed E-state index contributed by atoms with van der Waals surface area (Å²) in [6.07, 6.45) is 0. The fourth-order valence-electron chi connectivity index (χ4n) is 0. The van der Waals surface area contributed by atoms with Crippen LogP contribution in [0, 0.1) is 0 Å². The van der Waals surface area contributed by atoms with Gasteiger partial charge in [0.1, 0.15) is 0 Å². The van der Waals surface area contributed by atoms with Crippen LogP contribution in [0.15, 0.2) is 0 Å². The van der Waals surface area contributed by atoms with E-state index >= 15 is 0 Å². The molecule has 10 heavy (non-hydrogen) atoms. The number of rotatable bonds is 0. The van der Waals surface area contributed by atoms with E-state index in [1.807, 2.05) is 0 Å². The average molecular weight is 807 g/mol. The molecule has 0 aromatic heterocycles. The van der Waals surface area contributed by atoms with Crippen molar-refractivity contribution in [1.82, 2.24) is 0 Å². The molecule has 10 heteroatoms. The Hall–Kier alpha value is 5.77. The number of hydrogen-bond donors (Lipinski definition) is 0. The average Bonchev–Trinajstić information content (AvgIpc) is 0.